The largest absolute Gasteiger partial charge is 0.382 e. The minimum Gasteiger partial charge on any atom is -0.382 e. The Hall–Kier alpha value is -1.47. The molecule has 0 aliphatic carbocycles. The fourth-order valence-corrected chi connectivity index (χ4v) is 1.17. The molecule has 0 saturated heterocycles. The Kier molecular flexibility index (Phi) is 3.97. The van der Waals surface area contributed by atoms with Gasteiger partial charge in [0.05, 0.1) is 5.03 Å². The van der Waals surface area contributed by atoms with Crippen LogP contribution in [0.5, 0.6) is 0 Å². The summed E-state index contributed by atoms with van der Waals surface area (Å²) in [4.78, 5) is 19.1. The van der Waals surface area contributed by atoms with Crippen molar-refractivity contribution in [2.75, 3.05) is 17.7 Å². The van der Waals surface area contributed by atoms with Gasteiger partial charge < -0.3 is 16.8 Å². The summed E-state index contributed by atoms with van der Waals surface area (Å²) in [5.41, 5.74) is 10.8. The highest BCUT2D eigenvalue weighted by atomic mass is 35.5. The van der Waals surface area contributed by atoms with Crippen LogP contribution in [0.15, 0.2) is 11.6 Å². The zero-order valence-corrected chi connectivity index (χ0v) is 10.0. The van der Waals surface area contributed by atoms with Crippen molar-refractivity contribution < 1.29 is 4.79 Å². The number of aromatic nitrogens is 2. The van der Waals surface area contributed by atoms with Gasteiger partial charge in [-0.2, -0.15) is 0 Å². The van der Waals surface area contributed by atoms with E-state index in [9.17, 15) is 4.79 Å². The third-order valence-electron chi connectivity index (χ3n) is 1.62. The molecule has 1 heterocycles. The van der Waals surface area contributed by atoms with E-state index in [1.165, 1.54) is 11.8 Å². The van der Waals surface area contributed by atoms with Crippen LogP contribution in [0, 0.1) is 0 Å². The molecule has 86 valence electrons. The molecule has 0 radical (unpaired) electrons. The lowest BCUT2D eigenvalue weighted by molar-refractivity contribution is 0.0965. The highest BCUT2D eigenvalue weighted by Gasteiger charge is 2.16. The van der Waals surface area contributed by atoms with Gasteiger partial charge in [-0.05, 0) is 6.26 Å². The van der Waals surface area contributed by atoms with Gasteiger partial charge in [0.15, 0.2) is 22.5 Å². The van der Waals surface area contributed by atoms with Crippen LogP contribution in [0.2, 0.25) is 5.15 Å². The number of nitrogens with zero attached hydrogens (tertiary/aromatic N) is 2. The lowest BCUT2D eigenvalue weighted by Gasteiger charge is -2.07. The van der Waals surface area contributed by atoms with Crippen LogP contribution in [0.25, 0.3) is 0 Å². The molecule has 0 atom stereocenters. The zero-order valence-electron chi connectivity index (χ0n) is 8.45. The maximum Gasteiger partial charge on any atom is 0.278 e. The zero-order chi connectivity index (χ0) is 12.3. The van der Waals surface area contributed by atoms with Gasteiger partial charge in [0.1, 0.15) is 0 Å². The number of nitrogens with two attached hydrogens (primary N) is 2. The molecular formula is C8H10ClN5OS. The van der Waals surface area contributed by atoms with Crippen molar-refractivity contribution in [3.63, 3.8) is 0 Å². The van der Waals surface area contributed by atoms with E-state index in [4.69, 9.17) is 23.1 Å². The van der Waals surface area contributed by atoms with Crippen LogP contribution < -0.4 is 16.8 Å². The van der Waals surface area contributed by atoms with E-state index in [1.807, 2.05) is 0 Å². The molecule has 1 aromatic heterocycles. The third-order valence-corrected chi connectivity index (χ3v) is 2.49. The molecular weight excluding hydrogens is 250 g/mol. The number of hydrogen-bond donors (Lipinski definition) is 3. The minimum absolute atomic E-state index is 0.0144. The Bertz CT molecular complexity index is 450. The topological polar surface area (TPSA) is 107 Å². The molecule has 8 heteroatoms. The van der Waals surface area contributed by atoms with Gasteiger partial charge in [-0.15, -0.1) is 11.8 Å². The van der Waals surface area contributed by atoms with Gasteiger partial charge in [0, 0.05) is 0 Å². The van der Waals surface area contributed by atoms with Gasteiger partial charge in [0.2, 0.25) is 0 Å². The molecule has 0 fully saturated rings. The number of anilines is 2. The number of nitrogens with one attached hydrogen (secondary N) is 1. The molecule has 0 aliphatic rings. The van der Waals surface area contributed by atoms with Crippen LogP contribution in [0.1, 0.15) is 10.5 Å². The second-order valence-corrected chi connectivity index (χ2v) is 3.97. The molecule has 0 aliphatic heterocycles. The summed E-state index contributed by atoms with van der Waals surface area (Å²) in [7, 11) is 0. The molecule has 0 unspecified atom stereocenters. The first-order valence-electron chi connectivity index (χ1n) is 4.08. The summed E-state index contributed by atoms with van der Waals surface area (Å²) < 4.78 is 0. The number of halogens is 1. The molecule has 0 saturated carbocycles. The second kappa shape index (κ2) is 5.04. The Morgan fingerprint density at radius 3 is 2.62 bits per heavy atom. The summed E-state index contributed by atoms with van der Waals surface area (Å²) in [5, 5.41) is 2.89. The second-order valence-electron chi connectivity index (χ2n) is 2.71. The highest BCUT2D eigenvalue weighted by Crippen LogP contribution is 2.17. The predicted molar refractivity (Wildman–Crippen MR) is 66.0 cm³/mol. The number of hydrogen-bond acceptors (Lipinski definition) is 6. The highest BCUT2D eigenvalue weighted by molar-refractivity contribution is 8.02. The van der Waals surface area contributed by atoms with Crippen molar-refractivity contribution in [2.45, 2.75) is 0 Å². The van der Waals surface area contributed by atoms with E-state index in [2.05, 4.69) is 21.9 Å². The molecule has 16 heavy (non-hydrogen) atoms. The molecule has 0 spiro atoms. The number of thioether (sulfide) groups is 1. The van der Waals surface area contributed by atoms with Crippen LogP contribution in [0.3, 0.4) is 0 Å². The van der Waals surface area contributed by atoms with Crippen LogP contribution in [-0.2, 0) is 0 Å². The Morgan fingerprint density at radius 1 is 1.44 bits per heavy atom. The van der Waals surface area contributed by atoms with E-state index < -0.39 is 5.91 Å². The van der Waals surface area contributed by atoms with Gasteiger partial charge in [-0.25, -0.2) is 9.97 Å². The van der Waals surface area contributed by atoms with Crippen molar-refractivity contribution in [1.29, 1.82) is 0 Å². The van der Waals surface area contributed by atoms with Crippen LogP contribution in [-0.4, -0.2) is 22.1 Å². The van der Waals surface area contributed by atoms with E-state index in [0.717, 1.165) is 0 Å². The Morgan fingerprint density at radius 2 is 2.06 bits per heavy atom. The molecule has 1 aromatic rings. The first-order valence-corrected chi connectivity index (χ1v) is 5.68. The van der Waals surface area contributed by atoms with Crippen molar-refractivity contribution in [3.8, 4) is 0 Å². The van der Waals surface area contributed by atoms with Crippen molar-refractivity contribution in [1.82, 2.24) is 15.3 Å². The maximum absolute atomic E-state index is 11.6. The van der Waals surface area contributed by atoms with Crippen LogP contribution >= 0.6 is 23.4 Å². The summed E-state index contributed by atoms with van der Waals surface area (Å²) in [5.74, 6) is -0.612. The van der Waals surface area contributed by atoms with Crippen molar-refractivity contribution in [2.24, 2.45) is 0 Å². The fourth-order valence-electron chi connectivity index (χ4n) is 0.846. The van der Waals surface area contributed by atoms with E-state index in [-0.39, 0.29) is 22.5 Å². The van der Waals surface area contributed by atoms with Crippen molar-refractivity contribution >= 4 is 40.9 Å². The van der Waals surface area contributed by atoms with E-state index >= 15 is 0 Å². The summed E-state index contributed by atoms with van der Waals surface area (Å²) in [6.45, 7) is 3.59. The van der Waals surface area contributed by atoms with Crippen molar-refractivity contribution in [3.05, 3.63) is 22.5 Å². The van der Waals surface area contributed by atoms with Gasteiger partial charge in [-0.3, -0.25) is 4.79 Å². The molecule has 1 amide bonds. The van der Waals surface area contributed by atoms with Gasteiger partial charge in [-0.1, -0.05) is 18.2 Å². The molecule has 0 aromatic carbocycles. The number of carbonyl (C=O) groups is 1. The van der Waals surface area contributed by atoms with E-state index in [0.29, 0.717) is 5.03 Å². The molecule has 1 rings (SSSR count). The first-order chi connectivity index (χ1) is 7.45. The Labute approximate surface area is 101 Å². The summed E-state index contributed by atoms with van der Waals surface area (Å²) >= 11 is 6.93. The maximum atomic E-state index is 11.6. The minimum atomic E-state index is -0.522. The smallest absolute Gasteiger partial charge is 0.278 e. The molecule has 6 nitrogen and oxygen atoms in total. The lowest BCUT2D eigenvalue weighted by atomic mass is 10.4. The average Bonchev–Trinajstić information content (AvgIpc) is 2.23. The fraction of sp³-hybridized carbons (Fsp3) is 0.125. The Balaban J connectivity index is 3.00. The number of carbonyl (C=O) groups excluding carboxylic acids is 1. The predicted octanol–water partition coefficient (Wildman–Crippen LogP) is 0.858. The molecule has 5 N–H and O–H groups in total. The number of rotatable bonds is 3. The monoisotopic (exact) mass is 259 g/mol. The SMILES string of the molecule is C=C(NC(=O)c1nc(Cl)c(N)nc1N)SC. The quantitative estimate of drug-likeness (QED) is 0.743. The van der Waals surface area contributed by atoms with E-state index in [1.54, 1.807) is 6.26 Å². The number of nitrogen functional groups attached to an aromatic ring is 2. The average molecular weight is 260 g/mol. The molecule has 0 bridgehead atoms. The van der Waals surface area contributed by atoms with Gasteiger partial charge in [0.25, 0.3) is 5.91 Å². The third kappa shape index (κ3) is 2.77. The van der Waals surface area contributed by atoms with Gasteiger partial charge >= 0.3 is 0 Å². The summed E-state index contributed by atoms with van der Waals surface area (Å²) in [6.07, 6.45) is 1.77. The standard InChI is InChI=1S/C8H10ClN5OS/c1-3(16-2)12-8(15)4-6(10)14-7(11)5(9)13-4/h1H2,2H3,(H,12,15)(H4,10,11,14). The summed E-state index contributed by atoms with van der Waals surface area (Å²) in [6, 6.07) is 0. The lowest BCUT2D eigenvalue weighted by Crippen LogP contribution is -2.24. The number of amides is 1. The van der Waals surface area contributed by atoms with Crippen LogP contribution in [0.4, 0.5) is 11.6 Å². The first kappa shape index (κ1) is 12.6. The normalized spacial score (nSPS) is 9.88.